The first-order chi connectivity index (χ1) is 28.1. The van der Waals surface area contributed by atoms with Crippen LogP contribution in [0.4, 0.5) is 17.1 Å². The third-order valence-corrected chi connectivity index (χ3v) is 8.84. The fraction of sp³-hybridized carbons (Fsp3) is 0.462. The average Bonchev–Trinajstić information content (AvgIpc) is 3.22. The Labute approximate surface area is 362 Å². The summed E-state index contributed by atoms with van der Waals surface area (Å²) in [7, 11) is 6.02. The summed E-state index contributed by atoms with van der Waals surface area (Å²) in [5.74, 6) is -0.537. The number of ether oxygens (including phenoxy) is 4. The molecule has 332 valence electrons. The molecule has 2 amide bonds. The van der Waals surface area contributed by atoms with E-state index in [9.17, 15) is 14.4 Å². The number of carboxylic acids is 1. The van der Waals surface area contributed by atoms with Crippen LogP contribution in [0.3, 0.4) is 0 Å². The number of hydrogen-bond acceptors (Lipinski definition) is 14. The van der Waals surface area contributed by atoms with Crippen LogP contribution in [0.5, 0.6) is 17.2 Å². The van der Waals surface area contributed by atoms with Gasteiger partial charge in [-0.2, -0.15) is 0 Å². The number of nitrogens with zero attached hydrogens (tertiary/aromatic N) is 1. The number of amides is 2. The Balaban J connectivity index is 0.000000818. The number of benzene rings is 3. The number of nitrogens with two attached hydrogens (primary N) is 4. The van der Waals surface area contributed by atoms with Crippen molar-refractivity contribution in [2.45, 2.75) is 20.8 Å². The van der Waals surface area contributed by atoms with Crippen molar-refractivity contribution in [1.29, 1.82) is 0 Å². The van der Waals surface area contributed by atoms with Crippen LogP contribution in [0.25, 0.3) is 0 Å². The Kier molecular flexibility index (Phi) is 29.1. The molecule has 0 spiro atoms. The van der Waals surface area contributed by atoms with Crippen molar-refractivity contribution in [1.82, 2.24) is 26.2 Å². The second-order valence-corrected chi connectivity index (χ2v) is 13.2. The van der Waals surface area contributed by atoms with Gasteiger partial charge in [-0.3, -0.25) is 14.5 Å². The molecule has 3 aromatic carbocycles. The molecular weight excluding hydrogens is 829 g/mol. The van der Waals surface area contributed by atoms with Gasteiger partial charge in [0.05, 0.1) is 71.2 Å². The van der Waals surface area contributed by atoms with E-state index in [2.05, 4.69) is 40.0 Å². The molecule has 0 aliphatic rings. The minimum atomic E-state index is -1.10. The topological polar surface area (TPSA) is 264 Å². The number of carbonyl (C=O) groups is 3. The molecule has 0 saturated heterocycles. The molecule has 0 aliphatic carbocycles. The van der Waals surface area contributed by atoms with Crippen molar-refractivity contribution in [2.24, 2.45) is 5.73 Å². The molecule has 13 N–H and O–H groups in total. The molecule has 0 aromatic heterocycles. The monoisotopic (exact) mass is 889 g/mol. The smallest absolute Gasteiger partial charge is 0.339 e. The molecule has 0 unspecified atom stereocenters. The predicted octanol–water partition coefficient (Wildman–Crippen LogP) is 4.08. The average molecular weight is 891 g/mol. The zero-order valence-corrected chi connectivity index (χ0v) is 37.2. The first kappa shape index (κ1) is 54.5. The summed E-state index contributed by atoms with van der Waals surface area (Å²) >= 11 is 17.5. The number of anilines is 3. The van der Waals surface area contributed by atoms with Crippen molar-refractivity contribution in [3.8, 4) is 17.2 Å². The van der Waals surface area contributed by atoms with E-state index in [4.69, 9.17) is 81.8 Å². The quantitative estimate of drug-likeness (QED) is 0.0572. The van der Waals surface area contributed by atoms with Gasteiger partial charge >= 0.3 is 5.97 Å². The largest absolute Gasteiger partial charge is 0.496 e. The maximum Gasteiger partial charge on any atom is 0.339 e. The van der Waals surface area contributed by atoms with Crippen molar-refractivity contribution in [3.63, 3.8) is 0 Å². The number of aromatic carboxylic acids is 1. The van der Waals surface area contributed by atoms with E-state index in [1.54, 1.807) is 19.2 Å². The minimum absolute atomic E-state index is 0.00157. The molecule has 3 aromatic rings. The Morgan fingerprint density at radius 1 is 0.627 bits per heavy atom. The summed E-state index contributed by atoms with van der Waals surface area (Å²) in [5.41, 5.74) is 23.8. The molecule has 0 heterocycles. The second-order valence-electron chi connectivity index (χ2n) is 12.0. The number of carbonyl (C=O) groups excluding carboxylic acids is 2. The van der Waals surface area contributed by atoms with E-state index in [0.717, 1.165) is 45.8 Å². The van der Waals surface area contributed by atoms with E-state index in [1.165, 1.54) is 45.6 Å². The number of nitrogens with one attached hydrogen (secondary N) is 4. The zero-order chi connectivity index (χ0) is 44.9. The zero-order valence-electron chi connectivity index (χ0n) is 34.9. The Hall–Kier alpha value is -4.46. The van der Waals surface area contributed by atoms with Gasteiger partial charge in [0.2, 0.25) is 0 Å². The van der Waals surface area contributed by atoms with E-state index in [0.29, 0.717) is 76.0 Å². The Bertz CT molecular complexity index is 1720. The molecule has 0 radical (unpaired) electrons. The third kappa shape index (κ3) is 20.9. The van der Waals surface area contributed by atoms with E-state index < -0.39 is 5.97 Å². The summed E-state index contributed by atoms with van der Waals surface area (Å²) < 4.78 is 20.2. The molecule has 0 atom stereocenters. The molecule has 0 fully saturated rings. The molecule has 59 heavy (non-hydrogen) atoms. The lowest BCUT2D eigenvalue weighted by atomic mass is 10.1. The standard InChI is InChI=1S/C15H24ClN3O3.C12H18ClN3O2.C8H8ClNO3.C4H12N2/c1-4-19(7-8-21-2)6-5-18-15(20)11-9-12(16)13(17)10-14(11)22-3;1-3-15-4-5-16-12(17)8-6-9(13)10(14)7-11(8)18-2;1-13-7-3-6(10)5(9)2-4(7)8(11)12;1-2-6-4-3-5/h9-10H,4-8,17H2,1-3H3,(H,18,20);6-7,15H,3-5,14H2,1-2H3,(H,16,17);2-3H,10H2,1H3,(H,11,12);6H,2-5H2,1H3. The van der Waals surface area contributed by atoms with Crippen LogP contribution in [-0.4, -0.2) is 128 Å². The van der Waals surface area contributed by atoms with Crippen molar-refractivity contribution < 1.29 is 38.4 Å². The number of methoxy groups -OCH3 is 4. The number of carboxylic acid groups (broad SMARTS) is 1. The molecule has 0 aliphatic heterocycles. The molecule has 0 saturated carbocycles. The summed E-state index contributed by atoms with van der Waals surface area (Å²) in [6, 6.07) is 8.77. The highest BCUT2D eigenvalue weighted by Gasteiger charge is 2.16. The highest BCUT2D eigenvalue weighted by Crippen LogP contribution is 2.30. The maximum atomic E-state index is 12.2. The van der Waals surface area contributed by atoms with Gasteiger partial charge in [-0.25, -0.2) is 4.79 Å². The lowest BCUT2D eigenvalue weighted by Crippen LogP contribution is -2.36. The molecule has 3 rings (SSSR count). The first-order valence-electron chi connectivity index (χ1n) is 18.6. The van der Waals surface area contributed by atoms with Gasteiger partial charge in [-0.15, -0.1) is 0 Å². The van der Waals surface area contributed by atoms with E-state index in [-0.39, 0.29) is 28.1 Å². The van der Waals surface area contributed by atoms with Crippen molar-refractivity contribution in [2.75, 3.05) is 118 Å². The SMILES string of the molecule is CCN(CCNC(=O)c1cc(Cl)c(N)cc1OC)CCOC.CCNCCN.CCNCCNC(=O)c1cc(Cl)c(N)cc1OC.COc1cc(N)c(Cl)cc1C(=O)O. The van der Waals surface area contributed by atoms with Crippen LogP contribution < -0.4 is 58.4 Å². The van der Waals surface area contributed by atoms with E-state index in [1.807, 2.05) is 6.92 Å². The number of halogens is 3. The summed E-state index contributed by atoms with van der Waals surface area (Å²) in [6.45, 7) is 14.7. The van der Waals surface area contributed by atoms with Gasteiger partial charge in [-0.1, -0.05) is 55.6 Å². The summed E-state index contributed by atoms with van der Waals surface area (Å²) in [5, 5.41) is 21.4. The highest BCUT2D eigenvalue weighted by molar-refractivity contribution is 6.34. The van der Waals surface area contributed by atoms with Crippen molar-refractivity contribution >= 4 is 69.6 Å². The molecule has 17 nitrogen and oxygen atoms in total. The first-order valence-corrected chi connectivity index (χ1v) is 19.8. The number of hydrogen-bond donors (Lipinski definition) is 9. The minimum Gasteiger partial charge on any atom is -0.496 e. The second kappa shape index (κ2) is 31.5. The van der Waals surface area contributed by atoms with Crippen LogP contribution in [-0.2, 0) is 4.74 Å². The fourth-order valence-corrected chi connectivity index (χ4v) is 5.11. The number of nitrogen functional groups attached to an aromatic ring is 3. The van der Waals surface area contributed by atoms with Gasteiger partial charge < -0.3 is 68.3 Å². The maximum absolute atomic E-state index is 12.2. The van der Waals surface area contributed by atoms with Gasteiger partial charge in [0.1, 0.15) is 22.8 Å². The summed E-state index contributed by atoms with van der Waals surface area (Å²) in [6.07, 6.45) is 0. The van der Waals surface area contributed by atoms with Gasteiger partial charge in [0.25, 0.3) is 11.8 Å². The fourth-order valence-electron chi connectivity index (χ4n) is 4.62. The van der Waals surface area contributed by atoms with Gasteiger partial charge in [0.15, 0.2) is 0 Å². The summed E-state index contributed by atoms with van der Waals surface area (Å²) in [4.78, 5) is 37.0. The third-order valence-electron chi connectivity index (χ3n) is 7.86. The lowest BCUT2D eigenvalue weighted by molar-refractivity contribution is 0.0692. The van der Waals surface area contributed by atoms with Crippen LogP contribution in [0.1, 0.15) is 51.8 Å². The number of likely N-dealkylation sites (N-methyl/N-ethyl adjacent to an activating group) is 3. The van der Waals surface area contributed by atoms with Gasteiger partial charge in [-0.05, 0) is 37.8 Å². The van der Waals surface area contributed by atoms with Crippen LogP contribution in [0, 0.1) is 0 Å². The predicted molar refractivity (Wildman–Crippen MR) is 239 cm³/mol. The van der Waals surface area contributed by atoms with Crippen LogP contribution in [0.15, 0.2) is 36.4 Å². The highest BCUT2D eigenvalue weighted by atomic mass is 35.5. The van der Waals surface area contributed by atoms with Crippen LogP contribution in [0.2, 0.25) is 15.1 Å². The number of rotatable bonds is 20. The van der Waals surface area contributed by atoms with Gasteiger partial charge in [0, 0.05) is 71.1 Å². The Morgan fingerprint density at radius 2 is 1.03 bits per heavy atom. The Morgan fingerprint density at radius 3 is 1.39 bits per heavy atom. The molecule has 0 bridgehead atoms. The molecular formula is C39H62Cl3N9O8. The molecule has 20 heteroatoms. The normalized spacial score (nSPS) is 10.2. The van der Waals surface area contributed by atoms with Crippen LogP contribution >= 0.6 is 34.8 Å². The lowest BCUT2D eigenvalue weighted by Gasteiger charge is -2.20. The van der Waals surface area contributed by atoms with Crippen molar-refractivity contribution in [3.05, 3.63) is 68.2 Å². The van der Waals surface area contributed by atoms with E-state index >= 15 is 0 Å².